The Labute approximate surface area is 241 Å². The Hall–Kier alpha value is -5.07. The highest BCUT2D eigenvalue weighted by Crippen LogP contribution is 2.39. The van der Waals surface area contributed by atoms with Crippen molar-refractivity contribution in [1.29, 1.82) is 0 Å². The molecular weight excluding hydrogens is 522 g/mol. The molecule has 0 saturated carbocycles. The van der Waals surface area contributed by atoms with Crippen LogP contribution in [0.25, 0.3) is 62.0 Å². The minimum absolute atomic E-state index is 0.650. The van der Waals surface area contributed by atoms with Crippen LogP contribution in [0.15, 0.2) is 133 Å². The number of hydrogen-bond acceptors (Lipinski definition) is 5. The molecule has 0 amide bonds. The Balaban J connectivity index is 1.25. The highest BCUT2D eigenvalue weighted by atomic mass is 32.2. The molecule has 0 bridgehead atoms. The van der Waals surface area contributed by atoms with Crippen molar-refractivity contribution < 1.29 is 0 Å². The zero-order valence-electron chi connectivity index (χ0n) is 22.0. The summed E-state index contributed by atoms with van der Waals surface area (Å²) in [4.78, 5) is 19.6. The molecule has 41 heavy (non-hydrogen) atoms. The van der Waals surface area contributed by atoms with Crippen LogP contribution in [0.4, 0.5) is 0 Å². The van der Waals surface area contributed by atoms with Crippen LogP contribution in [0.5, 0.6) is 0 Å². The highest BCUT2D eigenvalue weighted by Gasteiger charge is 2.21. The van der Waals surface area contributed by atoms with E-state index in [2.05, 4.69) is 65.2 Å². The minimum Gasteiger partial charge on any atom is -0.287 e. The number of fused-ring (bicyclic) bond motifs is 5. The molecule has 0 atom stereocenters. The van der Waals surface area contributed by atoms with Gasteiger partial charge in [-0.15, -0.1) is 0 Å². The summed E-state index contributed by atoms with van der Waals surface area (Å²) in [6.07, 6.45) is 0. The van der Waals surface area contributed by atoms with Crippen LogP contribution in [0.3, 0.4) is 0 Å². The number of aromatic nitrogens is 5. The van der Waals surface area contributed by atoms with E-state index in [0.717, 1.165) is 49.8 Å². The molecule has 0 radical (unpaired) electrons. The standard InChI is InChI=1S/C35H23N5S/c1-3-10-23(11-4-1)32-37-33(24-12-5-2-6-13-24)39-34(38-32)27-15-9-14-25(20-27)26-18-19-28-22-41-35-36-29-16-7-8-17-30(29)40(35)31(28)21-26/h1-21H,22H2. The molecule has 5 nitrogen and oxygen atoms in total. The normalized spacial score (nSPS) is 12.2. The van der Waals surface area contributed by atoms with Gasteiger partial charge in [-0.2, -0.15) is 0 Å². The average molecular weight is 546 g/mol. The lowest BCUT2D eigenvalue weighted by atomic mass is 10.00. The summed E-state index contributed by atoms with van der Waals surface area (Å²) in [6, 6.07) is 43.7. The monoisotopic (exact) mass is 545 g/mol. The molecule has 7 aromatic rings. The van der Waals surface area contributed by atoms with E-state index in [9.17, 15) is 0 Å². The number of nitrogens with zero attached hydrogens (tertiary/aromatic N) is 5. The van der Waals surface area contributed by atoms with Crippen LogP contribution in [-0.2, 0) is 5.75 Å². The fraction of sp³-hybridized carbons (Fsp3) is 0.0286. The zero-order valence-corrected chi connectivity index (χ0v) is 22.8. The van der Waals surface area contributed by atoms with Gasteiger partial charge in [-0.1, -0.05) is 115 Å². The van der Waals surface area contributed by atoms with E-state index in [0.29, 0.717) is 17.5 Å². The molecule has 0 aliphatic carbocycles. The van der Waals surface area contributed by atoms with E-state index in [1.807, 2.05) is 66.7 Å². The molecule has 0 unspecified atom stereocenters. The number of benzene rings is 5. The van der Waals surface area contributed by atoms with Gasteiger partial charge in [0, 0.05) is 22.4 Å². The van der Waals surface area contributed by atoms with Crippen molar-refractivity contribution in [3.8, 4) is 51.0 Å². The first kappa shape index (κ1) is 23.8. The maximum atomic E-state index is 4.92. The van der Waals surface area contributed by atoms with Gasteiger partial charge in [0.2, 0.25) is 0 Å². The van der Waals surface area contributed by atoms with Gasteiger partial charge in [0.15, 0.2) is 22.6 Å². The molecule has 8 rings (SSSR count). The van der Waals surface area contributed by atoms with Gasteiger partial charge in [0.1, 0.15) is 0 Å². The van der Waals surface area contributed by atoms with E-state index in [-0.39, 0.29) is 0 Å². The van der Waals surface area contributed by atoms with Crippen molar-refractivity contribution in [2.24, 2.45) is 0 Å². The minimum atomic E-state index is 0.650. The summed E-state index contributed by atoms with van der Waals surface area (Å²) in [5, 5.41) is 1.04. The van der Waals surface area contributed by atoms with Gasteiger partial charge < -0.3 is 0 Å². The third-order valence-corrected chi connectivity index (χ3v) is 8.35. The highest BCUT2D eigenvalue weighted by molar-refractivity contribution is 7.98. The Kier molecular flexibility index (Phi) is 5.71. The Morgan fingerprint density at radius 3 is 1.80 bits per heavy atom. The van der Waals surface area contributed by atoms with Crippen molar-refractivity contribution >= 4 is 22.8 Å². The number of thioether (sulfide) groups is 1. The molecule has 1 aliphatic rings. The Morgan fingerprint density at radius 2 is 1.07 bits per heavy atom. The summed E-state index contributed by atoms with van der Waals surface area (Å²) in [7, 11) is 0. The smallest absolute Gasteiger partial charge is 0.174 e. The fourth-order valence-corrected chi connectivity index (χ4v) is 6.34. The van der Waals surface area contributed by atoms with Crippen LogP contribution >= 0.6 is 11.8 Å². The zero-order chi connectivity index (χ0) is 27.2. The summed E-state index contributed by atoms with van der Waals surface area (Å²) >= 11 is 1.79. The molecule has 3 heterocycles. The number of hydrogen-bond donors (Lipinski definition) is 0. The Bertz CT molecular complexity index is 1990. The van der Waals surface area contributed by atoms with Crippen LogP contribution in [-0.4, -0.2) is 24.5 Å². The van der Waals surface area contributed by atoms with Crippen molar-refractivity contribution in [2.75, 3.05) is 0 Å². The van der Waals surface area contributed by atoms with E-state index >= 15 is 0 Å². The topological polar surface area (TPSA) is 56.5 Å². The van der Waals surface area contributed by atoms with Crippen molar-refractivity contribution in [1.82, 2.24) is 24.5 Å². The second kappa shape index (κ2) is 9.84. The van der Waals surface area contributed by atoms with E-state index in [1.165, 1.54) is 11.3 Å². The summed E-state index contributed by atoms with van der Waals surface area (Å²) in [5.74, 6) is 2.88. The number of imidazole rings is 1. The first-order valence-electron chi connectivity index (χ1n) is 13.5. The van der Waals surface area contributed by atoms with Gasteiger partial charge in [-0.25, -0.2) is 19.9 Å². The van der Waals surface area contributed by atoms with Crippen molar-refractivity contribution in [3.05, 3.63) is 133 Å². The second-order valence-corrected chi connectivity index (χ2v) is 10.9. The van der Waals surface area contributed by atoms with E-state index in [4.69, 9.17) is 19.9 Å². The lowest BCUT2D eigenvalue weighted by Crippen LogP contribution is -2.06. The van der Waals surface area contributed by atoms with Crippen LogP contribution in [0.2, 0.25) is 0 Å². The van der Waals surface area contributed by atoms with Crippen LogP contribution < -0.4 is 0 Å². The number of rotatable bonds is 4. The van der Waals surface area contributed by atoms with Crippen LogP contribution in [0, 0.1) is 0 Å². The fourth-order valence-electron chi connectivity index (χ4n) is 5.32. The Morgan fingerprint density at radius 1 is 0.488 bits per heavy atom. The SMILES string of the molecule is c1ccc(-c2nc(-c3ccccc3)nc(-c3cccc(-c4ccc5c(c4)-n4c(nc6ccccc64)SC5)c3)n2)cc1. The molecule has 0 saturated heterocycles. The maximum absolute atomic E-state index is 4.92. The third-order valence-electron chi connectivity index (χ3n) is 7.37. The predicted octanol–water partition coefficient (Wildman–Crippen LogP) is 8.48. The van der Waals surface area contributed by atoms with Crippen LogP contribution in [0.1, 0.15) is 5.56 Å². The lowest BCUT2D eigenvalue weighted by Gasteiger charge is -2.20. The van der Waals surface area contributed by atoms with Crippen molar-refractivity contribution in [2.45, 2.75) is 10.9 Å². The first-order chi connectivity index (χ1) is 20.3. The predicted molar refractivity (Wildman–Crippen MR) is 166 cm³/mol. The molecule has 0 fully saturated rings. The number of para-hydroxylation sites is 2. The lowest BCUT2D eigenvalue weighted by molar-refractivity contribution is 0.895. The second-order valence-electron chi connectivity index (χ2n) is 9.97. The molecule has 194 valence electrons. The molecule has 0 N–H and O–H groups in total. The summed E-state index contributed by atoms with van der Waals surface area (Å²) in [6.45, 7) is 0. The van der Waals surface area contributed by atoms with Gasteiger partial charge in [0.25, 0.3) is 0 Å². The molecule has 6 heteroatoms. The largest absolute Gasteiger partial charge is 0.287 e. The van der Waals surface area contributed by atoms with Gasteiger partial charge >= 0.3 is 0 Å². The maximum Gasteiger partial charge on any atom is 0.174 e. The quantitative estimate of drug-likeness (QED) is 0.222. The van der Waals surface area contributed by atoms with Gasteiger partial charge in [-0.05, 0) is 41.0 Å². The van der Waals surface area contributed by atoms with Gasteiger partial charge in [0.05, 0.1) is 16.7 Å². The molecule has 0 spiro atoms. The molecule has 2 aromatic heterocycles. The van der Waals surface area contributed by atoms with E-state index in [1.54, 1.807) is 11.8 Å². The summed E-state index contributed by atoms with van der Waals surface area (Å²) < 4.78 is 2.29. The molecule has 5 aromatic carbocycles. The third kappa shape index (κ3) is 4.29. The average Bonchev–Trinajstić information content (AvgIpc) is 3.44. The molecular formula is C35H23N5S. The first-order valence-corrected chi connectivity index (χ1v) is 14.5. The summed E-state index contributed by atoms with van der Waals surface area (Å²) in [5.41, 5.74) is 9.76. The molecule has 1 aliphatic heterocycles. The van der Waals surface area contributed by atoms with Crippen molar-refractivity contribution in [3.63, 3.8) is 0 Å². The van der Waals surface area contributed by atoms with Gasteiger partial charge in [-0.3, -0.25) is 4.57 Å². The van der Waals surface area contributed by atoms with E-state index < -0.39 is 0 Å².